The number of nitrogens with zero attached hydrogens (tertiary/aromatic N) is 2. The number of rotatable bonds is 6. The maximum Gasteiger partial charge on any atom is 0.260 e. The van der Waals surface area contributed by atoms with Crippen molar-refractivity contribution < 1.29 is 9.47 Å². The molecule has 10 aromatic carbocycles. The molecule has 4 heterocycles. The van der Waals surface area contributed by atoms with Gasteiger partial charge >= 0.3 is 0 Å². The van der Waals surface area contributed by atoms with Crippen LogP contribution in [0.2, 0.25) is 0 Å². The summed E-state index contributed by atoms with van der Waals surface area (Å²) in [6.07, 6.45) is 0. The highest BCUT2D eigenvalue weighted by molar-refractivity contribution is 7.20. The van der Waals surface area contributed by atoms with E-state index in [2.05, 4.69) is 246 Å². The lowest BCUT2D eigenvalue weighted by molar-refractivity contribution is 0.464. The van der Waals surface area contributed by atoms with E-state index in [-0.39, 0.29) is 6.71 Å². The van der Waals surface area contributed by atoms with E-state index in [1.165, 1.54) is 42.3 Å². The molecule has 12 aromatic rings. The van der Waals surface area contributed by atoms with Crippen LogP contribution in [0.5, 0.6) is 23.0 Å². The van der Waals surface area contributed by atoms with Crippen LogP contribution in [0.1, 0.15) is 0 Å². The third-order valence-corrected chi connectivity index (χ3v) is 19.0. The minimum absolute atomic E-state index is 0.00243. The Morgan fingerprint density at radius 3 is 1.39 bits per heavy atom. The summed E-state index contributed by atoms with van der Waals surface area (Å²) in [7, 11) is -2.80. The molecule has 4 nitrogen and oxygen atoms in total. The molecule has 0 fully saturated rings. The van der Waals surface area contributed by atoms with Crippen molar-refractivity contribution >= 4 is 95.5 Å². The first-order chi connectivity index (χ1) is 32.8. The number of para-hydroxylation sites is 5. The summed E-state index contributed by atoms with van der Waals surface area (Å²) in [4.78, 5) is 0. The van der Waals surface area contributed by atoms with E-state index < -0.39 is 8.07 Å². The monoisotopic (exact) mass is 858 g/mol. The Bertz CT molecular complexity index is 3730. The summed E-state index contributed by atoms with van der Waals surface area (Å²) < 4.78 is 18.6. The molecule has 0 atom stereocenters. The molecule has 2 aliphatic heterocycles. The average Bonchev–Trinajstić information content (AvgIpc) is 3.90. The summed E-state index contributed by atoms with van der Waals surface area (Å²) in [5, 5.41) is 10.2. The predicted molar refractivity (Wildman–Crippen MR) is 276 cm³/mol. The molecular formula is C60H39BN2O2Si. The fourth-order valence-corrected chi connectivity index (χ4v) is 16.3. The molecule has 6 heteroatoms. The van der Waals surface area contributed by atoms with Crippen molar-refractivity contribution in [1.82, 2.24) is 9.13 Å². The molecule has 0 saturated carbocycles. The molecule has 66 heavy (non-hydrogen) atoms. The topological polar surface area (TPSA) is 28.3 Å². The van der Waals surface area contributed by atoms with Crippen LogP contribution in [0.15, 0.2) is 237 Å². The molecular weight excluding hydrogens is 820 g/mol. The Morgan fingerprint density at radius 2 is 0.803 bits per heavy atom. The van der Waals surface area contributed by atoms with Crippen LogP contribution >= 0.6 is 0 Å². The van der Waals surface area contributed by atoms with Gasteiger partial charge < -0.3 is 18.6 Å². The average molecular weight is 859 g/mol. The first-order valence-electron chi connectivity index (χ1n) is 22.7. The van der Waals surface area contributed by atoms with Gasteiger partial charge in [0.15, 0.2) is 8.07 Å². The molecule has 308 valence electrons. The smallest absolute Gasteiger partial charge is 0.260 e. The van der Waals surface area contributed by atoms with Crippen molar-refractivity contribution in [3.63, 3.8) is 0 Å². The Kier molecular flexibility index (Phi) is 8.06. The molecule has 0 aliphatic carbocycles. The van der Waals surface area contributed by atoms with Gasteiger partial charge in [-0.15, -0.1) is 0 Å². The van der Waals surface area contributed by atoms with Crippen molar-refractivity contribution in [2.24, 2.45) is 0 Å². The number of aromatic nitrogens is 2. The van der Waals surface area contributed by atoms with E-state index in [1.54, 1.807) is 0 Å². The Labute approximate surface area is 383 Å². The molecule has 2 aliphatic rings. The van der Waals surface area contributed by atoms with Gasteiger partial charge in [0.2, 0.25) is 0 Å². The van der Waals surface area contributed by atoms with Crippen molar-refractivity contribution in [2.45, 2.75) is 0 Å². The van der Waals surface area contributed by atoms with Crippen LogP contribution in [-0.4, -0.2) is 23.9 Å². The van der Waals surface area contributed by atoms with Gasteiger partial charge in [-0.2, -0.15) is 0 Å². The van der Waals surface area contributed by atoms with Gasteiger partial charge in [-0.05, 0) is 68.1 Å². The minimum Gasteiger partial charge on any atom is -0.458 e. The lowest BCUT2D eigenvalue weighted by Gasteiger charge is -2.34. The Hall–Kier alpha value is -8.32. The van der Waals surface area contributed by atoms with E-state index >= 15 is 0 Å². The summed E-state index contributed by atoms with van der Waals surface area (Å²) in [6.45, 7) is 0.00243. The fourth-order valence-electron chi connectivity index (χ4n) is 11.5. The van der Waals surface area contributed by atoms with Crippen LogP contribution in [-0.2, 0) is 0 Å². The molecule has 0 saturated heterocycles. The highest BCUT2D eigenvalue weighted by Gasteiger charge is 2.42. The Balaban J connectivity index is 1.04. The molecule has 0 amide bonds. The molecule has 2 aromatic heterocycles. The molecule has 0 spiro atoms. The summed E-state index contributed by atoms with van der Waals surface area (Å²) in [6, 6.07) is 86.6. The van der Waals surface area contributed by atoms with Crippen molar-refractivity contribution in [3.05, 3.63) is 237 Å². The van der Waals surface area contributed by atoms with Crippen LogP contribution in [0, 0.1) is 0 Å². The number of hydrogen-bond acceptors (Lipinski definition) is 2. The molecule has 0 unspecified atom stereocenters. The fraction of sp³-hybridized carbons (Fsp3) is 0. The predicted octanol–water partition coefficient (Wildman–Crippen LogP) is 9.99. The number of hydrogen-bond donors (Lipinski definition) is 0. The number of ether oxygens (including phenoxy) is 2. The highest BCUT2D eigenvalue weighted by atomic mass is 28.3. The van der Waals surface area contributed by atoms with Crippen LogP contribution in [0.25, 0.3) is 55.0 Å². The third kappa shape index (κ3) is 5.21. The standard InChI is InChI=1S/C60H39BN2O2Si/c1-4-19-41(20-5-1)66(42-21-6-2-7-22-42,43-23-8-3-9-24-43)44-35-36-53-48(39-44)46-26-11-15-31-52(46)63(53)54-32-18-27-47-45-25-10-14-30-51(45)62(60(47)54)40-37-57-59-58(38-40)65-56-34-17-13-29-50(56)61(59)49-28-12-16-33-55(49)64-57/h1-39H. The summed E-state index contributed by atoms with van der Waals surface area (Å²) >= 11 is 0. The van der Waals surface area contributed by atoms with Gasteiger partial charge in [0.25, 0.3) is 6.71 Å². The lowest BCUT2D eigenvalue weighted by Crippen LogP contribution is -2.74. The zero-order valence-corrected chi connectivity index (χ0v) is 36.8. The summed E-state index contributed by atoms with van der Waals surface area (Å²) in [5.74, 6) is 3.38. The van der Waals surface area contributed by atoms with Crippen molar-refractivity contribution in [1.29, 1.82) is 0 Å². The normalized spacial score (nSPS) is 12.8. The van der Waals surface area contributed by atoms with Gasteiger partial charge in [-0.3, -0.25) is 0 Å². The molecule has 0 radical (unpaired) electrons. The van der Waals surface area contributed by atoms with E-state index in [4.69, 9.17) is 9.47 Å². The van der Waals surface area contributed by atoms with Gasteiger partial charge in [0.05, 0.1) is 33.4 Å². The lowest BCUT2D eigenvalue weighted by atomic mass is 9.35. The third-order valence-electron chi connectivity index (χ3n) is 14.2. The van der Waals surface area contributed by atoms with Crippen LogP contribution in [0.4, 0.5) is 0 Å². The maximum absolute atomic E-state index is 6.86. The number of fused-ring (bicyclic) bond motifs is 10. The van der Waals surface area contributed by atoms with E-state index in [9.17, 15) is 0 Å². The highest BCUT2D eigenvalue weighted by Crippen LogP contribution is 2.42. The van der Waals surface area contributed by atoms with Crippen LogP contribution < -0.4 is 46.6 Å². The van der Waals surface area contributed by atoms with Gasteiger partial charge in [-0.25, -0.2) is 0 Å². The molecule has 0 N–H and O–H groups in total. The largest absolute Gasteiger partial charge is 0.458 e. The summed E-state index contributed by atoms with van der Waals surface area (Å²) in [5.41, 5.74) is 9.99. The SMILES string of the molecule is c1ccc([Si](c2ccccc2)(c2ccccc2)c2ccc3c(c2)c2ccccc2n3-c2cccc3c4ccccc4n(-c4cc5c6c(c4)Oc4ccccc4B6c4ccccc4O5)c23)cc1. The first-order valence-corrected chi connectivity index (χ1v) is 24.7. The quantitative estimate of drug-likeness (QED) is 0.123. The minimum atomic E-state index is -2.80. The zero-order valence-electron chi connectivity index (χ0n) is 35.8. The zero-order chi connectivity index (χ0) is 43.3. The van der Waals surface area contributed by atoms with Gasteiger partial charge in [0.1, 0.15) is 23.0 Å². The van der Waals surface area contributed by atoms with Crippen LogP contribution in [0.3, 0.4) is 0 Å². The Morgan fingerprint density at radius 1 is 0.333 bits per heavy atom. The van der Waals surface area contributed by atoms with E-state index in [1.807, 2.05) is 0 Å². The maximum atomic E-state index is 6.86. The van der Waals surface area contributed by atoms with E-state index in [0.29, 0.717) is 0 Å². The molecule has 14 rings (SSSR count). The number of benzene rings is 10. The second-order valence-electron chi connectivity index (χ2n) is 17.5. The van der Waals surface area contributed by atoms with Gasteiger partial charge in [-0.1, -0.05) is 188 Å². The van der Waals surface area contributed by atoms with Crippen molar-refractivity contribution in [3.8, 4) is 34.4 Å². The second-order valence-corrected chi connectivity index (χ2v) is 21.3. The second kappa shape index (κ2) is 14.3. The van der Waals surface area contributed by atoms with Gasteiger partial charge in [0, 0.05) is 39.1 Å². The first kappa shape index (κ1) is 37.1. The van der Waals surface area contributed by atoms with E-state index in [0.717, 1.165) is 72.8 Å². The molecule has 0 bridgehead atoms. The van der Waals surface area contributed by atoms with Crippen molar-refractivity contribution in [2.75, 3.05) is 0 Å².